The van der Waals surface area contributed by atoms with Crippen molar-refractivity contribution < 1.29 is 8.22 Å². The van der Waals surface area contributed by atoms with Crippen LogP contribution in [0.15, 0.2) is 188 Å². The van der Waals surface area contributed by atoms with Gasteiger partial charge in [0.15, 0.2) is 17.5 Å². The quantitative estimate of drug-likeness (QED) is 0.166. The predicted octanol–water partition coefficient (Wildman–Crippen LogP) is 14.0. The van der Waals surface area contributed by atoms with E-state index in [0.29, 0.717) is 32.2 Å². The maximum absolute atomic E-state index is 9.72. The van der Waals surface area contributed by atoms with Gasteiger partial charge < -0.3 is 0 Å². The van der Waals surface area contributed by atoms with Gasteiger partial charge in [0.25, 0.3) is 0 Å². The zero-order chi connectivity index (χ0) is 41.5. The monoisotopic (exact) mass is 723 g/mol. The van der Waals surface area contributed by atoms with Crippen molar-refractivity contribution >= 4 is 63.8 Å². The molecule has 0 aliphatic rings. The third kappa shape index (κ3) is 5.38. The first-order chi connectivity index (χ1) is 29.8. The Labute approximate surface area is 330 Å². The minimum Gasteiger partial charge on any atom is -0.208 e. The van der Waals surface area contributed by atoms with E-state index < -0.39 is 0 Å². The van der Waals surface area contributed by atoms with Crippen LogP contribution in [0.1, 0.15) is 8.22 Å². The summed E-state index contributed by atoms with van der Waals surface area (Å²) in [5.41, 5.74) is 4.67. The van der Waals surface area contributed by atoms with E-state index >= 15 is 0 Å². The van der Waals surface area contributed by atoms with Crippen LogP contribution in [0, 0.1) is 0 Å². The summed E-state index contributed by atoms with van der Waals surface area (Å²) in [6.07, 6.45) is 0. The molecule has 0 atom stereocenters. The van der Waals surface area contributed by atoms with Crippen LogP contribution >= 0.6 is 11.3 Å². The van der Waals surface area contributed by atoms with Crippen LogP contribution in [0.5, 0.6) is 0 Å². The van der Waals surface area contributed by atoms with Crippen LogP contribution in [0.25, 0.3) is 109 Å². The molecule has 9 aromatic carbocycles. The van der Waals surface area contributed by atoms with E-state index in [1.165, 1.54) is 11.3 Å². The van der Waals surface area contributed by atoms with Crippen LogP contribution in [0.3, 0.4) is 0 Å². The molecule has 2 heterocycles. The first-order valence-corrected chi connectivity index (χ1v) is 18.9. The molecular weight excluding hydrogens is 687 g/mol. The molecule has 55 heavy (non-hydrogen) atoms. The van der Waals surface area contributed by atoms with Gasteiger partial charge in [-0.3, -0.25) is 0 Å². The first-order valence-electron chi connectivity index (χ1n) is 21.0. The third-order valence-corrected chi connectivity index (χ3v) is 11.3. The SMILES string of the molecule is [2H]c1c([2H])c([2H])c2c(sc3c([2H])c(-c4nc(-c5ccccc5)nc(-c5cccc(-c6ccccc6)c5)n4)c([2H])c([2H])c32)c1-c1ccc2c3ccccc3c3ccccc3c2c1. The smallest absolute Gasteiger partial charge is 0.164 e. The van der Waals surface area contributed by atoms with Crippen molar-refractivity contribution in [2.24, 2.45) is 0 Å². The van der Waals surface area contributed by atoms with Crippen LogP contribution in [0.4, 0.5) is 0 Å². The minimum absolute atomic E-state index is 0.0641. The molecule has 0 radical (unpaired) electrons. The molecule has 2 aromatic heterocycles. The average molecular weight is 724 g/mol. The molecule has 0 unspecified atom stereocenters. The van der Waals surface area contributed by atoms with Gasteiger partial charge >= 0.3 is 0 Å². The highest BCUT2D eigenvalue weighted by Crippen LogP contribution is 2.43. The maximum Gasteiger partial charge on any atom is 0.164 e. The Bertz CT molecular complexity index is 3580. The number of aromatic nitrogens is 3. The summed E-state index contributed by atoms with van der Waals surface area (Å²) in [5.74, 6) is 0.796. The lowest BCUT2D eigenvalue weighted by Gasteiger charge is -2.12. The first kappa shape index (κ1) is 25.9. The Morgan fingerprint density at radius 3 is 1.64 bits per heavy atom. The molecule has 3 nitrogen and oxygen atoms in total. The molecule has 0 spiro atoms. The summed E-state index contributed by atoms with van der Waals surface area (Å²) in [5, 5.41) is 7.01. The molecule has 0 saturated heterocycles. The molecule has 0 amide bonds. The summed E-state index contributed by atoms with van der Waals surface area (Å²) >= 11 is 1.21. The van der Waals surface area contributed by atoms with Crippen LogP contribution in [-0.2, 0) is 0 Å². The van der Waals surface area contributed by atoms with Crippen LogP contribution in [0.2, 0.25) is 0 Å². The van der Waals surface area contributed by atoms with Gasteiger partial charge in [0.05, 0.1) is 8.22 Å². The fourth-order valence-electron chi connectivity index (χ4n) is 7.60. The second-order valence-corrected chi connectivity index (χ2v) is 14.5. The van der Waals surface area contributed by atoms with Crippen molar-refractivity contribution in [3.05, 3.63) is 188 Å². The Morgan fingerprint density at radius 2 is 0.927 bits per heavy atom. The lowest BCUT2D eigenvalue weighted by Crippen LogP contribution is -2.00. The second-order valence-electron chi connectivity index (χ2n) is 13.5. The molecule has 0 N–H and O–H groups in total. The molecule has 4 heteroatoms. The molecule has 11 aromatic rings. The molecular formula is C51H31N3S. The molecule has 256 valence electrons. The fourth-order valence-corrected chi connectivity index (χ4v) is 8.73. The Balaban J connectivity index is 1.16. The Morgan fingerprint density at radius 1 is 0.364 bits per heavy atom. The van der Waals surface area contributed by atoms with E-state index in [2.05, 4.69) is 36.4 Å². The topological polar surface area (TPSA) is 38.7 Å². The largest absolute Gasteiger partial charge is 0.208 e. The summed E-state index contributed by atoms with van der Waals surface area (Å²) in [4.78, 5) is 14.6. The zero-order valence-corrected chi connectivity index (χ0v) is 30.0. The number of rotatable bonds is 5. The summed E-state index contributed by atoms with van der Waals surface area (Å²) in [7, 11) is 0. The number of nitrogens with zero attached hydrogens (tertiary/aromatic N) is 3. The van der Waals surface area contributed by atoms with Crippen molar-refractivity contribution in [3.63, 3.8) is 0 Å². The lowest BCUT2D eigenvalue weighted by atomic mass is 9.92. The highest BCUT2D eigenvalue weighted by atomic mass is 32.1. The van der Waals surface area contributed by atoms with Crippen molar-refractivity contribution in [3.8, 4) is 56.4 Å². The summed E-state index contributed by atoms with van der Waals surface area (Å²) < 4.78 is 57.0. The normalized spacial score (nSPS) is 13.2. The zero-order valence-electron chi connectivity index (χ0n) is 35.2. The van der Waals surface area contributed by atoms with Gasteiger partial charge in [-0.15, -0.1) is 11.3 Å². The second kappa shape index (κ2) is 12.8. The van der Waals surface area contributed by atoms with E-state index in [-0.39, 0.29) is 58.4 Å². The van der Waals surface area contributed by atoms with Gasteiger partial charge in [-0.2, -0.15) is 0 Å². The number of thiophene rings is 1. The van der Waals surface area contributed by atoms with Gasteiger partial charge in [-0.25, -0.2) is 15.0 Å². The van der Waals surface area contributed by atoms with Crippen molar-refractivity contribution in [2.45, 2.75) is 0 Å². The van der Waals surface area contributed by atoms with Gasteiger partial charge in [-0.1, -0.05) is 170 Å². The summed E-state index contributed by atoms with van der Waals surface area (Å²) in [6, 6.07) is 48.9. The van der Waals surface area contributed by atoms with Gasteiger partial charge in [0.1, 0.15) is 0 Å². The average Bonchev–Trinajstić information content (AvgIpc) is 3.72. The van der Waals surface area contributed by atoms with E-state index in [4.69, 9.17) is 17.7 Å². The molecule has 0 aliphatic carbocycles. The van der Waals surface area contributed by atoms with Gasteiger partial charge in [-0.05, 0) is 72.7 Å². The Hall–Kier alpha value is -7.01. The molecule has 0 fully saturated rings. The van der Waals surface area contributed by atoms with Gasteiger partial charge in [0.2, 0.25) is 0 Å². The molecule has 0 bridgehead atoms. The number of fused-ring (bicyclic) bond motifs is 9. The highest BCUT2D eigenvalue weighted by Gasteiger charge is 2.17. The minimum atomic E-state index is -0.278. The fraction of sp³-hybridized carbons (Fsp3) is 0. The van der Waals surface area contributed by atoms with Gasteiger partial charge in [0, 0.05) is 36.9 Å². The maximum atomic E-state index is 9.72. The molecule has 11 rings (SSSR count). The lowest BCUT2D eigenvalue weighted by molar-refractivity contribution is 1.07. The van der Waals surface area contributed by atoms with Crippen molar-refractivity contribution in [1.82, 2.24) is 15.0 Å². The van der Waals surface area contributed by atoms with E-state index in [1.807, 2.05) is 115 Å². The van der Waals surface area contributed by atoms with Crippen molar-refractivity contribution in [2.75, 3.05) is 0 Å². The van der Waals surface area contributed by atoms with E-state index in [1.54, 1.807) is 0 Å². The Kier molecular flexibility index (Phi) is 6.04. The van der Waals surface area contributed by atoms with E-state index in [0.717, 1.165) is 54.6 Å². The van der Waals surface area contributed by atoms with Crippen LogP contribution in [-0.4, -0.2) is 15.0 Å². The summed E-state index contributed by atoms with van der Waals surface area (Å²) in [6.45, 7) is 0. The van der Waals surface area contributed by atoms with E-state index in [9.17, 15) is 5.48 Å². The number of hydrogen-bond donors (Lipinski definition) is 0. The third-order valence-electron chi connectivity index (χ3n) is 10.2. The number of benzene rings is 9. The highest BCUT2D eigenvalue weighted by molar-refractivity contribution is 7.26. The molecule has 0 aliphatic heterocycles. The number of hydrogen-bond acceptors (Lipinski definition) is 4. The van der Waals surface area contributed by atoms with Crippen molar-refractivity contribution in [1.29, 1.82) is 0 Å². The predicted molar refractivity (Wildman–Crippen MR) is 232 cm³/mol. The van der Waals surface area contributed by atoms with Crippen LogP contribution < -0.4 is 0 Å². The molecule has 0 saturated carbocycles. The standard InChI is InChI=1S/C51H31N3S/c1-3-13-32(14-4-1)34-17-11-18-36(29-34)50-52-49(33-15-5-2-6-16-33)53-51(54-50)37-26-28-44-45-24-12-23-38(48(45)55-47(44)31-37)35-25-27-43-41-21-8-7-19-39(41)40-20-9-10-22-42(40)46(43)30-35/h1-31H/i12D,23D,24D,26D,28D,31D.